The van der Waals surface area contributed by atoms with Crippen molar-refractivity contribution in [2.45, 2.75) is 0 Å². The Morgan fingerprint density at radius 2 is 1.00 bits per heavy atom. The maximum atomic E-state index is 8.47. The molecule has 0 aromatic carbocycles. The normalized spacial score (nSPS) is 3.43. The Morgan fingerprint density at radius 3 is 1.00 bits per heavy atom. The van der Waals surface area contributed by atoms with Gasteiger partial charge in [-0.2, -0.15) is 0 Å². The third kappa shape index (κ3) is 39.4. The molecule has 0 saturated carbocycles. The van der Waals surface area contributed by atoms with E-state index in [0.29, 0.717) is 0 Å². The molecule has 0 bridgehead atoms. The van der Waals surface area contributed by atoms with Crippen molar-refractivity contribution in [1.82, 2.24) is 0 Å². The second-order valence-corrected chi connectivity index (χ2v) is 0.253. The first-order chi connectivity index (χ1) is 1.73. The van der Waals surface area contributed by atoms with Gasteiger partial charge >= 0.3 is 159 Å². The SMILES string of the molecule is O=[N+](O)O.[KH].[KH].[KH]. The van der Waals surface area contributed by atoms with Gasteiger partial charge in [0.15, 0.2) is 0 Å². The van der Waals surface area contributed by atoms with Crippen LogP contribution >= 0.6 is 0 Å². The second kappa shape index (κ2) is 16.6. The number of nitrogens with zero attached hydrogens (tertiary/aromatic N) is 1. The van der Waals surface area contributed by atoms with Crippen molar-refractivity contribution >= 4 is 154 Å². The van der Waals surface area contributed by atoms with Gasteiger partial charge in [0.25, 0.3) is 0 Å². The van der Waals surface area contributed by atoms with Gasteiger partial charge in [0.1, 0.15) is 4.91 Å². The molecule has 0 radical (unpaired) electrons. The van der Waals surface area contributed by atoms with Crippen molar-refractivity contribution < 1.29 is 15.5 Å². The van der Waals surface area contributed by atoms with Crippen molar-refractivity contribution in [2.75, 3.05) is 0 Å². The van der Waals surface area contributed by atoms with Gasteiger partial charge < -0.3 is 0 Å². The summed E-state index contributed by atoms with van der Waals surface area (Å²) in [6.07, 6.45) is 0. The Kier molecular flexibility index (Phi) is 53.3. The second-order valence-electron chi connectivity index (χ2n) is 0.253. The summed E-state index contributed by atoms with van der Waals surface area (Å²) in [6, 6.07) is 0. The van der Waals surface area contributed by atoms with Crippen LogP contribution in [-0.2, 0) is 0 Å². The fraction of sp³-hybridized carbons (Fsp3) is 0. The molecule has 4 nitrogen and oxygen atoms in total. The van der Waals surface area contributed by atoms with Gasteiger partial charge in [0, 0.05) is 0 Å². The molecule has 0 amide bonds. The minimum atomic E-state index is -1.25. The van der Waals surface area contributed by atoms with E-state index < -0.39 is 5.09 Å². The van der Waals surface area contributed by atoms with E-state index in [0.717, 1.165) is 0 Å². The van der Waals surface area contributed by atoms with Crippen molar-refractivity contribution in [3.05, 3.63) is 4.91 Å². The van der Waals surface area contributed by atoms with Crippen LogP contribution < -0.4 is 0 Å². The summed E-state index contributed by atoms with van der Waals surface area (Å²) in [7, 11) is 0. The van der Waals surface area contributed by atoms with Crippen LogP contribution in [0.15, 0.2) is 0 Å². The summed E-state index contributed by atoms with van der Waals surface area (Å²) >= 11 is 0. The van der Waals surface area contributed by atoms with Gasteiger partial charge in [0.2, 0.25) is 0 Å². The molecule has 2 N–H and O–H groups in total. The monoisotopic (exact) mass is 184 g/mol. The van der Waals surface area contributed by atoms with E-state index in [1.54, 1.807) is 0 Å². The molecule has 7 heteroatoms. The van der Waals surface area contributed by atoms with E-state index in [1.165, 1.54) is 0 Å². The maximum absolute atomic E-state index is 8.47. The van der Waals surface area contributed by atoms with Gasteiger partial charge in [-0.25, -0.2) is 10.4 Å². The van der Waals surface area contributed by atoms with Crippen LogP contribution in [-0.4, -0.2) is 170 Å². The Hall–Kier alpha value is 4.11. The van der Waals surface area contributed by atoms with Crippen LogP contribution in [0, 0.1) is 4.91 Å². The van der Waals surface area contributed by atoms with E-state index in [4.69, 9.17) is 15.3 Å². The fourth-order valence-corrected chi connectivity index (χ4v) is 0. The first kappa shape index (κ1) is 22.5. The molecule has 7 heavy (non-hydrogen) atoms. The molecule has 0 atom stereocenters. The average molecular weight is 184 g/mol. The fourth-order valence-electron chi connectivity index (χ4n) is 0. The summed E-state index contributed by atoms with van der Waals surface area (Å²) < 4.78 is 0. The van der Waals surface area contributed by atoms with Crippen LogP contribution in [0.2, 0.25) is 0 Å². The summed E-state index contributed by atoms with van der Waals surface area (Å²) in [5.74, 6) is 0. The van der Waals surface area contributed by atoms with Gasteiger partial charge in [-0.1, -0.05) is 0 Å². The van der Waals surface area contributed by atoms with Crippen LogP contribution in [0.5, 0.6) is 0 Å². The number of hydrogen-bond acceptors (Lipinski definition) is 1. The molecule has 0 fully saturated rings. The van der Waals surface area contributed by atoms with Crippen LogP contribution in [0.4, 0.5) is 0 Å². The van der Waals surface area contributed by atoms with E-state index in [-0.39, 0.29) is 154 Å². The molecule has 30 valence electrons. The molecule has 0 spiro atoms. The van der Waals surface area contributed by atoms with E-state index in [2.05, 4.69) is 0 Å². The summed E-state index contributed by atoms with van der Waals surface area (Å²) in [4.78, 5) is 8.47. The van der Waals surface area contributed by atoms with Crippen molar-refractivity contribution in [3.63, 3.8) is 0 Å². The standard InChI is InChI=1S/3K.H2NO3.3H/c;;;2-1(3)4;;;/h;;;(H2,2,3,4);;;/q;;;+1;;;. The van der Waals surface area contributed by atoms with Crippen molar-refractivity contribution in [1.29, 1.82) is 0 Å². The molecular formula is H5K3NO3+. The quantitative estimate of drug-likeness (QED) is 0.326. The first-order valence-corrected chi connectivity index (χ1v) is 0.583. The predicted octanol–water partition coefficient (Wildman–Crippen LogP) is -2.40. The Morgan fingerprint density at radius 1 is 1.00 bits per heavy atom. The molecule has 0 unspecified atom stereocenters. The summed E-state index contributed by atoms with van der Waals surface area (Å²) in [6.45, 7) is 0. The topological polar surface area (TPSA) is 60.5 Å². The molecule has 0 aliphatic carbocycles. The minimum absolute atomic E-state index is 0. The van der Waals surface area contributed by atoms with Crippen LogP contribution in [0.3, 0.4) is 0 Å². The van der Waals surface area contributed by atoms with Gasteiger partial charge in [-0.15, -0.1) is 0 Å². The first-order valence-electron chi connectivity index (χ1n) is 0.583. The zero-order valence-corrected chi connectivity index (χ0v) is 1.75. The molecule has 0 aliphatic rings. The number of hydrogen-bond donors (Lipinski definition) is 2. The Labute approximate surface area is 169 Å². The van der Waals surface area contributed by atoms with Gasteiger partial charge in [-0.05, 0) is 0 Å². The van der Waals surface area contributed by atoms with Gasteiger partial charge in [-0.3, -0.25) is 0 Å². The molecular weight excluding hydrogens is 179 g/mol. The van der Waals surface area contributed by atoms with E-state index in [9.17, 15) is 0 Å². The van der Waals surface area contributed by atoms with Crippen LogP contribution in [0.1, 0.15) is 0 Å². The third-order valence-electron chi connectivity index (χ3n) is 0. The van der Waals surface area contributed by atoms with Gasteiger partial charge in [0.05, 0.1) is 0 Å². The Balaban J connectivity index is -0.0000000150. The molecule has 0 heterocycles. The zero-order valence-electron chi connectivity index (χ0n) is 1.75. The molecule has 0 aromatic heterocycles. The Bertz CT molecular complexity index is 33.2. The average Bonchev–Trinajstić information content (AvgIpc) is 0.811. The third-order valence-corrected chi connectivity index (χ3v) is 0. The molecule has 0 rings (SSSR count). The summed E-state index contributed by atoms with van der Waals surface area (Å²) in [5.41, 5.74) is 0. The zero-order chi connectivity index (χ0) is 3.58. The summed E-state index contributed by atoms with van der Waals surface area (Å²) in [5, 5.41) is 12.5. The van der Waals surface area contributed by atoms with Crippen molar-refractivity contribution in [2.24, 2.45) is 0 Å². The molecule has 0 saturated heterocycles. The molecule has 0 aromatic rings. The number of rotatable bonds is 0. The van der Waals surface area contributed by atoms with E-state index in [1.807, 2.05) is 0 Å². The molecule has 0 aliphatic heterocycles. The predicted molar refractivity (Wildman–Crippen MR) is 28.6 cm³/mol. The van der Waals surface area contributed by atoms with Crippen LogP contribution in [0.25, 0.3) is 0 Å². The van der Waals surface area contributed by atoms with Crippen molar-refractivity contribution in [3.8, 4) is 0 Å². The van der Waals surface area contributed by atoms with E-state index >= 15 is 0 Å².